The van der Waals surface area contributed by atoms with E-state index in [1.807, 2.05) is 43.3 Å². The summed E-state index contributed by atoms with van der Waals surface area (Å²) in [5, 5.41) is 15.1. The Morgan fingerprint density at radius 3 is 2.89 bits per heavy atom. The Hall–Kier alpha value is -2.19. The summed E-state index contributed by atoms with van der Waals surface area (Å²) in [4.78, 5) is 9.35. The molecule has 1 aromatic carbocycles. The zero-order valence-electron chi connectivity index (χ0n) is 9.83. The molecule has 0 bridgehead atoms. The molecule has 0 spiro atoms. The van der Waals surface area contributed by atoms with E-state index in [1.165, 1.54) is 11.3 Å². The number of nitriles is 1. The van der Waals surface area contributed by atoms with Crippen LogP contribution in [0.4, 0.5) is 0 Å². The molecular weight excluding hydrogens is 246 g/mol. The Labute approximate surface area is 109 Å². The normalized spacial score (nSPS) is 11.0. The number of aromatic nitrogens is 1. The van der Waals surface area contributed by atoms with Crippen LogP contribution in [0.25, 0.3) is 0 Å². The predicted molar refractivity (Wildman–Crippen MR) is 70.3 cm³/mol. The van der Waals surface area contributed by atoms with Crippen molar-refractivity contribution in [1.82, 2.24) is 4.98 Å². The van der Waals surface area contributed by atoms with Gasteiger partial charge in [-0.2, -0.15) is 5.26 Å². The molecule has 0 radical (unpaired) electrons. The van der Waals surface area contributed by atoms with E-state index in [4.69, 9.17) is 10.1 Å². The van der Waals surface area contributed by atoms with E-state index in [0.717, 1.165) is 5.56 Å². The lowest BCUT2D eigenvalue weighted by Crippen LogP contribution is -1.96. The van der Waals surface area contributed by atoms with Crippen LogP contribution in [-0.2, 0) is 11.4 Å². The zero-order valence-corrected chi connectivity index (χ0v) is 10.6. The number of hydrogen-bond donors (Lipinski definition) is 0. The monoisotopic (exact) mass is 257 g/mol. The number of oxime groups is 1. The summed E-state index contributed by atoms with van der Waals surface area (Å²) in [5.74, 6) is 0. The lowest BCUT2D eigenvalue weighted by Gasteiger charge is -2.00. The van der Waals surface area contributed by atoms with Gasteiger partial charge in [0.2, 0.25) is 0 Å². The number of nitrogens with zero attached hydrogens (tertiary/aromatic N) is 3. The van der Waals surface area contributed by atoms with Crippen LogP contribution in [0, 0.1) is 11.3 Å². The first-order valence-corrected chi connectivity index (χ1v) is 6.24. The maximum absolute atomic E-state index is 8.68. The number of benzene rings is 1. The topological polar surface area (TPSA) is 58.3 Å². The second-order valence-electron chi connectivity index (χ2n) is 3.59. The highest BCUT2D eigenvalue weighted by Gasteiger charge is 2.04. The van der Waals surface area contributed by atoms with E-state index in [0.29, 0.717) is 23.0 Å². The lowest BCUT2D eigenvalue weighted by atomic mass is 10.2. The third-order valence-electron chi connectivity index (χ3n) is 2.20. The molecule has 0 atom stereocenters. The summed E-state index contributed by atoms with van der Waals surface area (Å²) in [6.45, 7) is 2.24. The maximum atomic E-state index is 8.68. The van der Waals surface area contributed by atoms with Crippen LogP contribution < -0.4 is 0 Å². The van der Waals surface area contributed by atoms with Gasteiger partial charge in [-0.3, -0.25) is 0 Å². The number of hydrogen-bond acceptors (Lipinski definition) is 5. The van der Waals surface area contributed by atoms with E-state index in [-0.39, 0.29) is 0 Å². The van der Waals surface area contributed by atoms with Gasteiger partial charge in [0, 0.05) is 5.38 Å². The molecule has 0 saturated heterocycles. The molecule has 2 aromatic rings. The molecule has 0 aliphatic heterocycles. The number of thiazole rings is 1. The first-order valence-electron chi connectivity index (χ1n) is 5.36. The Kier molecular flexibility index (Phi) is 4.05. The highest BCUT2D eigenvalue weighted by Crippen LogP contribution is 2.10. The average molecular weight is 257 g/mol. The molecule has 4 nitrogen and oxygen atoms in total. The van der Waals surface area contributed by atoms with Crippen molar-refractivity contribution in [3.8, 4) is 6.07 Å². The summed E-state index contributed by atoms with van der Waals surface area (Å²) in [5.41, 5.74) is 2.15. The largest absolute Gasteiger partial charge is 0.391 e. The molecular formula is C13H11N3OS. The molecule has 0 saturated carbocycles. The Morgan fingerprint density at radius 1 is 1.44 bits per heavy atom. The standard InChI is InChI=1S/C13H11N3OS/c1-10(13-15-12(7-14)9-18-13)16-17-8-11-5-3-2-4-6-11/h2-6,9H,8H2,1H3/b16-10+. The molecule has 90 valence electrons. The maximum Gasteiger partial charge on any atom is 0.152 e. The van der Waals surface area contributed by atoms with Gasteiger partial charge in [0.05, 0.1) is 0 Å². The Morgan fingerprint density at radius 2 is 2.22 bits per heavy atom. The molecule has 2 rings (SSSR count). The van der Waals surface area contributed by atoms with E-state index in [9.17, 15) is 0 Å². The van der Waals surface area contributed by atoms with Crippen LogP contribution in [0.1, 0.15) is 23.2 Å². The van der Waals surface area contributed by atoms with Crippen molar-refractivity contribution in [2.24, 2.45) is 5.16 Å². The van der Waals surface area contributed by atoms with Crippen molar-refractivity contribution in [2.45, 2.75) is 13.5 Å². The lowest BCUT2D eigenvalue weighted by molar-refractivity contribution is 0.130. The second-order valence-corrected chi connectivity index (χ2v) is 4.44. The summed E-state index contributed by atoms with van der Waals surface area (Å²) in [6, 6.07) is 11.8. The summed E-state index contributed by atoms with van der Waals surface area (Å²) in [6.07, 6.45) is 0. The summed E-state index contributed by atoms with van der Waals surface area (Å²) in [7, 11) is 0. The van der Waals surface area contributed by atoms with Crippen molar-refractivity contribution in [1.29, 1.82) is 5.26 Å². The van der Waals surface area contributed by atoms with Crippen LogP contribution >= 0.6 is 11.3 Å². The molecule has 0 aliphatic carbocycles. The fourth-order valence-corrected chi connectivity index (χ4v) is 2.00. The van der Waals surface area contributed by atoms with Crippen LogP contribution in [0.2, 0.25) is 0 Å². The highest BCUT2D eigenvalue weighted by atomic mass is 32.1. The summed E-state index contributed by atoms with van der Waals surface area (Å²) < 4.78 is 0. The van der Waals surface area contributed by atoms with E-state index in [2.05, 4.69) is 10.1 Å². The fraction of sp³-hybridized carbons (Fsp3) is 0.154. The molecule has 0 N–H and O–H groups in total. The number of rotatable bonds is 4. The smallest absolute Gasteiger partial charge is 0.152 e. The fourth-order valence-electron chi connectivity index (χ4n) is 1.31. The van der Waals surface area contributed by atoms with Gasteiger partial charge in [0.15, 0.2) is 5.69 Å². The van der Waals surface area contributed by atoms with Gasteiger partial charge in [-0.1, -0.05) is 35.5 Å². The van der Waals surface area contributed by atoms with Crippen molar-refractivity contribution >= 4 is 17.0 Å². The minimum atomic E-state index is 0.410. The molecule has 0 amide bonds. The van der Waals surface area contributed by atoms with E-state index >= 15 is 0 Å². The predicted octanol–water partition coefficient (Wildman–Crippen LogP) is 2.96. The third kappa shape index (κ3) is 3.15. The quantitative estimate of drug-likeness (QED) is 0.625. The van der Waals surface area contributed by atoms with Crippen LogP contribution in [0.15, 0.2) is 40.9 Å². The SMILES string of the molecule is C/C(=N\OCc1ccccc1)c1nc(C#N)cs1. The zero-order chi connectivity index (χ0) is 12.8. The van der Waals surface area contributed by atoms with Gasteiger partial charge in [-0.05, 0) is 12.5 Å². The van der Waals surface area contributed by atoms with E-state index in [1.54, 1.807) is 5.38 Å². The van der Waals surface area contributed by atoms with Crippen molar-refractivity contribution in [2.75, 3.05) is 0 Å². The molecule has 0 aliphatic rings. The van der Waals surface area contributed by atoms with Crippen molar-refractivity contribution in [3.63, 3.8) is 0 Å². The van der Waals surface area contributed by atoms with Crippen molar-refractivity contribution in [3.05, 3.63) is 52.0 Å². The van der Waals surface area contributed by atoms with Crippen LogP contribution in [-0.4, -0.2) is 10.7 Å². The van der Waals surface area contributed by atoms with Crippen LogP contribution in [0.3, 0.4) is 0 Å². The first-order chi connectivity index (χ1) is 8.79. The van der Waals surface area contributed by atoms with Gasteiger partial charge >= 0.3 is 0 Å². The average Bonchev–Trinajstić information content (AvgIpc) is 2.89. The van der Waals surface area contributed by atoms with Gasteiger partial charge in [0.25, 0.3) is 0 Å². The molecule has 5 heteroatoms. The van der Waals surface area contributed by atoms with Gasteiger partial charge in [-0.15, -0.1) is 11.3 Å². The minimum absolute atomic E-state index is 0.410. The van der Waals surface area contributed by atoms with Gasteiger partial charge < -0.3 is 4.84 Å². The molecule has 1 aromatic heterocycles. The molecule has 0 fully saturated rings. The van der Waals surface area contributed by atoms with Crippen molar-refractivity contribution < 1.29 is 4.84 Å². The van der Waals surface area contributed by atoms with Gasteiger partial charge in [-0.25, -0.2) is 4.98 Å². The van der Waals surface area contributed by atoms with E-state index < -0.39 is 0 Å². The Bertz CT molecular complexity index is 584. The second kappa shape index (κ2) is 5.94. The Balaban J connectivity index is 1.95. The van der Waals surface area contributed by atoms with Crippen LogP contribution in [0.5, 0.6) is 0 Å². The third-order valence-corrected chi connectivity index (χ3v) is 3.15. The highest BCUT2D eigenvalue weighted by molar-refractivity contribution is 7.11. The molecule has 0 unspecified atom stereocenters. The summed E-state index contributed by atoms with van der Waals surface area (Å²) >= 11 is 1.38. The molecule has 18 heavy (non-hydrogen) atoms. The molecule has 1 heterocycles. The first kappa shape index (κ1) is 12.3. The minimum Gasteiger partial charge on any atom is -0.391 e. The van der Waals surface area contributed by atoms with Gasteiger partial charge in [0.1, 0.15) is 23.4 Å².